The number of hydrogen-bond donors (Lipinski definition) is 0. The summed E-state index contributed by atoms with van der Waals surface area (Å²) in [5, 5.41) is 0. The summed E-state index contributed by atoms with van der Waals surface area (Å²) in [5.74, 6) is 0.496. The maximum atomic E-state index is 11.0. The van der Waals surface area contributed by atoms with E-state index in [9.17, 15) is 4.79 Å². The molecule has 2 nitrogen and oxygen atoms in total. The number of carbonyl (C=O) groups excluding carboxylic acids is 1. The van der Waals surface area contributed by atoms with Gasteiger partial charge in [0.05, 0.1) is 0 Å². The first kappa shape index (κ1) is 9.04. The van der Waals surface area contributed by atoms with Crippen LogP contribution < -0.4 is 0 Å². The monoisotopic (exact) mass is 182 g/mol. The highest BCUT2D eigenvalue weighted by Crippen LogP contribution is 2.70. The van der Waals surface area contributed by atoms with Crippen molar-refractivity contribution in [2.75, 3.05) is 0 Å². The van der Waals surface area contributed by atoms with Gasteiger partial charge in [-0.1, -0.05) is 19.8 Å². The zero-order chi connectivity index (χ0) is 9.69. The van der Waals surface area contributed by atoms with E-state index in [1.54, 1.807) is 0 Å². The third-order valence-electron chi connectivity index (χ3n) is 4.28. The predicted octanol–water partition coefficient (Wildman–Crippen LogP) is 2.52. The maximum Gasteiger partial charge on any atom is 0.303 e. The lowest BCUT2D eigenvalue weighted by Crippen LogP contribution is -2.21. The fourth-order valence-corrected chi connectivity index (χ4v) is 3.29. The van der Waals surface area contributed by atoms with E-state index in [-0.39, 0.29) is 17.0 Å². The Labute approximate surface area is 79.7 Å². The van der Waals surface area contributed by atoms with Crippen molar-refractivity contribution in [1.82, 2.24) is 0 Å². The third kappa shape index (κ3) is 1.04. The van der Waals surface area contributed by atoms with Gasteiger partial charge in [0.25, 0.3) is 0 Å². The van der Waals surface area contributed by atoms with Crippen LogP contribution in [0.3, 0.4) is 0 Å². The quantitative estimate of drug-likeness (QED) is 0.582. The molecule has 0 heterocycles. The Bertz CT molecular complexity index is 248. The first-order valence-corrected chi connectivity index (χ1v) is 5.20. The normalized spacial score (nSPS) is 48.1. The number of esters is 1. The van der Waals surface area contributed by atoms with Crippen LogP contribution in [0.25, 0.3) is 0 Å². The van der Waals surface area contributed by atoms with Crippen LogP contribution in [-0.4, -0.2) is 11.6 Å². The van der Waals surface area contributed by atoms with Gasteiger partial charge < -0.3 is 4.74 Å². The summed E-state index contributed by atoms with van der Waals surface area (Å²) in [5.41, 5.74) is 0.145. The van der Waals surface area contributed by atoms with Crippen molar-refractivity contribution in [3.05, 3.63) is 0 Å². The van der Waals surface area contributed by atoms with E-state index in [1.165, 1.54) is 32.6 Å². The van der Waals surface area contributed by atoms with Crippen LogP contribution >= 0.6 is 0 Å². The van der Waals surface area contributed by atoms with Gasteiger partial charge in [-0.25, -0.2) is 0 Å². The molecule has 2 aliphatic carbocycles. The molecule has 0 aromatic heterocycles. The molecule has 13 heavy (non-hydrogen) atoms. The second-order valence-electron chi connectivity index (χ2n) is 4.92. The molecule has 0 spiro atoms. The second kappa shape index (κ2) is 2.49. The number of ether oxygens (including phenoxy) is 1. The van der Waals surface area contributed by atoms with Gasteiger partial charge in [0.15, 0.2) is 0 Å². The predicted molar refractivity (Wildman–Crippen MR) is 50.2 cm³/mol. The average Bonchev–Trinajstić information content (AvgIpc) is 2.48. The first-order chi connectivity index (χ1) is 6.01. The molecule has 0 aromatic rings. The van der Waals surface area contributed by atoms with Gasteiger partial charge in [-0.05, 0) is 19.8 Å². The van der Waals surface area contributed by atoms with Gasteiger partial charge in [-0.15, -0.1) is 0 Å². The van der Waals surface area contributed by atoms with E-state index in [4.69, 9.17) is 4.74 Å². The summed E-state index contributed by atoms with van der Waals surface area (Å²) < 4.78 is 5.46. The molecule has 74 valence electrons. The van der Waals surface area contributed by atoms with Crippen LogP contribution in [0.4, 0.5) is 0 Å². The first-order valence-electron chi connectivity index (χ1n) is 5.20. The second-order valence-corrected chi connectivity index (χ2v) is 4.92. The van der Waals surface area contributed by atoms with Crippen molar-refractivity contribution in [2.45, 2.75) is 52.1 Å². The Morgan fingerprint density at radius 3 is 2.54 bits per heavy atom. The molecule has 2 fully saturated rings. The Kier molecular flexibility index (Phi) is 1.73. The number of carbonyl (C=O) groups is 1. The summed E-state index contributed by atoms with van der Waals surface area (Å²) >= 11 is 0. The van der Waals surface area contributed by atoms with Crippen molar-refractivity contribution < 1.29 is 9.53 Å². The maximum absolute atomic E-state index is 11.0. The Balaban J connectivity index is 2.13. The Morgan fingerprint density at radius 1 is 1.38 bits per heavy atom. The van der Waals surface area contributed by atoms with Crippen LogP contribution in [0.1, 0.15) is 46.5 Å². The lowest BCUT2D eigenvalue weighted by molar-refractivity contribution is -0.150. The van der Waals surface area contributed by atoms with Crippen LogP contribution in [0.15, 0.2) is 0 Å². The van der Waals surface area contributed by atoms with Crippen LogP contribution in [0.2, 0.25) is 0 Å². The van der Waals surface area contributed by atoms with Gasteiger partial charge in [0.1, 0.15) is 5.60 Å². The minimum absolute atomic E-state index is 0.127. The molecule has 0 amide bonds. The molecule has 2 rings (SSSR count). The fraction of sp³-hybridized carbons (Fsp3) is 0.909. The highest BCUT2D eigenvalue weighted by atomic mass is 16.6. The standard InChI is InChI=1S/C11H18O2/c1-8(12)13-11(3)9-6-4-5-7-10(9,11)2/h9H,4-7H2,1-3H3. The number of rotatable bonds is 1. The van der Waals surface area contributed by atoms with Gasteiger partial charge in [-0.2, -0.15) is 0 Å². The fourth-order valence-electron chi connectivity index (χ4n) is 3.29. The summed E-state index contributed by atoms with van der Waals surface area (Å²) in [4.78, 5) is 11.0. The minimum Gasteiger partial charge on any atom is -0.459 e. The van der Waals surface area contributed by atoms with Crippen LogP contribution in [0.5, 0.6) is 0 Å². The summed E-state index contributed by atoms with van der Waals surface area (Å²) in [6.07, 6.45) is 5.06. The average molecular weight is 182 g/mol. The van der Waals surface area contributed by atoms with E-state index in [0.717, 1.165) is 0 Å². The van der Waals surface area contributed by atoms with Gasteiger partial charge >= 0.3 is 5.97 Å². The van der Waals surface area contributed by atoms with Crippen molar-refractivity contribution in [3.63, 3.8) is 0 Å². The summed E-state index contributed by atoms with van der Waals surface area (Å²) in [6, 6.07) is 0. The van der Waals surface area contributed by atoms with Crippen molar-refractivity contribution in [3.8, 4) is 0 Å². The molecule has 2 heteroatoms. The lowest BCUT2D eigenvalue weighted by Gasteiger charge is -2.18. The van der Waals surface area contributed by atoms with Crippen molar-refractivity contribution in [2.24, 2.45) is 11.3 Å². The van der Waals surface area contributed by atoms with Gasteiger partial charge in [0.2, 0.25) is 0 Å². The highest BCUT2D eigenvalue weighted by molar-refractivity contribution is 5.67. The number of hydrogen-bond acceptors (Lipinski definition) is 2. The molecule has 0 radical (unpaired) electrons. The van der Waals surface area contributed by atoms with Crippen molar-refractivity contribution >= 4 is 5.97 Å². The highest BCUT2D eigenvalue weighted by Gasteiger charge is 2.73. The van der Waals surface area contributed by atoms with E-state index in [2.05, 4.69) is 13.8 Å². The van der Waals surface area contributed by atoms with Gasteiger partial charge in [0, 0.05) is 18.3 Å². The van der Waals surface area contributed by atoms with Gasteiger partial charge in [-0.3, -0.25) is 4.79 Å². The topological polar surface area (TPSA) is 26.3 Å². The lowest BCUT2D eigenvalue weighted by atomic mass is 9.90. The van der Waals surface area contributed by atoms with E-state index < -0.39 is 0 Å². The smallest absolute Gasteiger partial charge is 0.303 e. The molecular formula is C11H18O2. The number of fused-ring (bicyclic) bond motifs is 1. The molecule has 3 atom stereocenters. The van der Waals surface area contributed by atoms with E-state index >= 15 is 0 Å². The molecular weight excluding hydrogens is 164 g/mol. The Hall–Kier alpha value is -0.530. The molecule has 0 aromatic carbocycles. The molecule has 2 saturated carbocycles. The van der Waals surface area contributed by atoms with E-state index in [0.29, 0.717) is 5.92 Å². The van der Waals surface area contributed by atoms with Crippen LogP contribution in [-0.2, 0) is 9.53 Å². The SMILES string of the molecule is CC(=O)OC1(C)C2CCCCC21C. The molecule has 2 aliphatic rings. The molecule has 0 saturated heterocycles. The summed E-state index contributed by atoms with van der Waals surface area (Å²) in [6.45, 7) is 5.88. The van der Waals surface area contributed by atoms with Crippen molar-refractivity contribution in [1.29, 1.82) is 0 Å². The molecule has 0 bridgehead atoms. The molecule has 3 unspecified atom stereocenters. The molecule has 0 N–H and O–H groups in total. The van der Waals surface area contributed by atoms with E-state index in [1.807, 2.05) is 0 Å². The Morgan fingerprint density at radius 2 is 2.08 bits per heavy atom. The largest absolute Gasteiger partial charge is 0.459 e. The van der Waals surface area contributed by atoms with Crippen LogP contribution in [0, 0.1) is 11.3 Å². The third-order valence-corrected chi connectivity index (χ3v) is 4.28. The summed E-state index contributed by atoms with van der Waals surface area (Å²) in [7, 11) is 0. The minimum atomic E-state index is -0.144. The zero-order valence-corrected chi connectivity index (χ0v) is 8.72. The zero-order valence-electron chi connectivity index (χ0n) is 8.72. The molecule has 0 aliphatic heterocycles.